The monoisotopic (exact) mass is 385 g/mol. The Labute approximate surface area is 158 Å². The van der Waals surface area contributed by atoms with Gasteiger partial charge < -0.3 is 20.5 Å². The number of benzene rings is 1. The molecule has 1 amide bonds. The van der Waals surface area contributed by atoms with Gasteiger partial charge in [-0.3, -0.25) is 9.78 Å². The maximum absolute atomic E-state index is 12.0. The van der Waals surface area contributed by atoms with Gasteiger partial charge in [0.2, 0.25) is 5.91 Å². The summed E-state index contributed by atoms with van der Waals surface area (Å²) in [5, 5.41) is 2.82. The number of ether oxygens (including phenoxy) is 2. The van der Waals surface area contributed by atoms with Gasteiger partial charge in [0.25, 0.3) is 0 Å². The standard InChI is InChI=1S/C17H19N3O3.2ClH/c1-22-14-5-4-13(20-16(21)17(18)6-7-17)9-15(14)23-11-12-3-2-8-19-10-12;;/h2-5,8-10H,6-7,11,18H2,1H3,(H,20,21);2*1H. The van der Waals surface area contributed by atoms with Crippen LogP contribution in [0.4, 0.5) is 5.69 Å². The lowest BCUT2D eigenvalue weighted by Crippen LogP contribution is -2.37. The molecule has 1 aromatic heterocycles. The predicted molar refractivity (Wildman–Crippen MR) is 101 cm³/mol. The van der Waals surface area contributed by atoms with E-state index in [0.717, 1.165) is 18.4 Å². The first-order chi connectivity index (χ1) is 11.1. The normalized spacial score (nSPS) is 13.7. The lowest BCUT2D eigenvalue weighted by molar-refractivity contribution is -0.118. The summed E-state index contributed by atoms with van der Waals surface area (Å²) in [5.74, 6) is 0.984. The molecular formula is C17H21Cl2N3O3. The number of aromatic nitrogens is 1. The third-order valence-corrected chi connectivity index (χ3v) is 3.78. The number of nitrogens with zero attached hydrogens (tertiary/aromatic N) is 1. The maximum atomic E-state index is 12.0. The van der Waals surface area contributed by atoms with Crippen molar-refractivity contribution in [3.63, 3.8) is 0 Å². The van der Waals surface area contributed by atoms with Crippen LogP contribution in [-0.2, 0) is 11.4 Å². The van der Waals surface area contributed by atoms with Gasteiger partial charge in [-0.2, -0.15) is 0 Å². The molecule has 25 heavy (non-hydrogen) atoms. The quantitative estimate of drug-likeness (QED) is 0.797. The van der Waals surface area contributed by atoms with Gasteiger partial charge in [-0.15, -0.1) is 24.8 Å². The molecule has 136 valence electrons. The Morgan fingerprint density at radius 3 is 2.64 bits per heavy atom. The number of hydrogen-bond donors (Lipinski definition) is 2. The second kappa shape index (κ2) is 8.89. The highest BCUT2D eigenvalue weighted by atomic mass is 35.5. The van der Waals surface area contributed by atoms with Crippen molar-refractivity contribution < 1.29 is 14.3 Å². The number of nitrogens with one attached hydrogen (secondary N) is 1. The Morgan fingerprint density at radius 1 is 1.28 bits per heavy atom. The Bertz CT molecular complexity index is 710. The minimum Gasteiger partial charge on any atom is -0.493 e. The molecule has 0 atom stereocenters. The molecule has 0 unspecified atom stereocenters. The fraction of sp³-hybridized carbons (Fsp3) is 0.294. The Kier molecular flexibility index (Phi) is 7.48. The second-order valence-corrected chi connectivity index (χ2v) is 5.63. The zero-order chi connectivity index (χ0) is 16.3. The van der Waals surface area contributed by atoms with Gasteiger partial charge in [-0.05, 0) is 31.0 Å². The fourth-order valence-electron chi connectivity index (χ4n) is 2.13. The molecule has 1 aromatic carbocycles. The van der Waals surface area contributed by atoms with E-state index in [1.54, 1.807) is 37.7 Å². The van der Waals surface area contributed by atoms with Crippen molar-refractivity contribution in [3.8, 4) is 11.5 Å². The van der Waals surface area contributed by atoms with Crippen molar-refractivity contribution >= 4 is 36.4 Å². The van der Waals surface area contributed by atoms with Crippen LogP contribution >= 0.6 is 24.8 Å². The van der Waals surface area contributed by atoms with Gasteiger partial charge in [-0.1, -0.05) is 6.07 Å². The number of carbonyl (C=O) groups is 1. The summed E-state index contributed by atoms with van der Waals surface area (Å²) in [7, 11) is 1.57. The number of halogens is 2. The first kappa shape index (κ1) is 21.0. The smallest absolute Gasteiger partial charge is 0.244 e. The van der Waals surface area contributed by atoms with E-state index in [1.807, 2.05) is 12.1 Å². The second-order valence-electron chi connectivity index (χ2n) is 5.63. The number of pyridine rings is 1. The summed E-state index contributed by atoms with van der Waals surface area (Å²) in [4.78, 5) is 16.1. The van der Waals surface area contributed by atoms with Gasteiger partial charge in [0.05, 0.1) is 12.6 Å². The van der Waals surface area contributed by atoms with Crippen molar-refractivity contribution in [2.75, 3.05) is 12.4 Å². The molecule has 3 N–H and O–H groups in total. The third-order valence-electron chi connectivity index (χ3n) is 3.78. The molecule has 0 spiro atoms. The van der Waals surface area contributed by atoms with Crippen molar-refractivity contribution in [1.29, 1.82) is 0 Å². The van der Waals surface area contributed by atoms with E-state index >= 15 is 0 Å². The van der Waals surface area contributed by atoms with E-state index in [4.69, 9.17) is 15.2 Å². The van der Waals surface area contributed by atoms with Crippen molar-refractivity contribution in [1.82, 2.24) is 4.98 Å². The first-order valence-electron chi connectivity index (χ1n) is 7.41. The summed E-state index contributed by atoms with van der Waals surface area (Å²) < 4.78 is 11.1. The number of methoxy groups -OCH3 is 1. The van der Waals surface area contributed by atoms with Crippen LogP contribution < -0.4 is 20.5 Å². The first-order valence-corrected chi connectivity index (χ1v) is 7.41. The lowest BCUT2D eigenvalue weighted by Gasteiger charge is -2.14. The van der Waals surface area contributed by atoms with Crippen LogP contribution in [-0.4, -0.2) is 23.5 Å². The van der Waals surface area contributed by atoms with Crippen LogP contribution in [0.3, 0.4) is 0 Å². The molecule has 0 bridgehead atoms. The molecule has 8 heteroatoms. The fourth-order valence-corrected chi connectivity index (χ4v) is 2.13. The summed E-state index contributed by atoms with van der Waals surface area (Å²) in [5.41, 5.74) is 6.76. The third kappa shape index (κ3) is 5.22. The molecule has 1 saturated carbocycles. The molecule has 2 aromatic rings. The van der Waals surface area contributed by atoms with E-state index in [9.17, 15) is 4.79 Å². The van der Waals surface area contributed by atoms with Gasteiger partial charge in [-0.25, -0.2) is 0 Å². The van der Waals surface area contributed by atoms with E-state index in [1.165, 1.54) is 0 Å². The lowest BCUT2D eigenvalue weighted by atomic mass is 10.2. The molecule has 1 fully saturated rings. The van der Waals surface area contributed by atoms with Gasteiger partial charge in [0, 0.05) is 29.7 Å². The molecule has 6 nitrogen and oxygen atoms in total. The number of carbonyl (C=O) groups excluding carboxylic acids is 1. The van der Waals surface area contributed by atoms with Gasteiger partial charge in [0.1, 0.15) is 6.61 Å². The van der Waals surface area contributed by atoms with Gasteiger partial charge >= 0.3 is 0 Å². The highest BCUT2D eigenvalue weighted by Crippen LogP contribution is 2.35. The Morgan fingerprint density at radius 2 is 2.04 bits per heavy atom. The molecule has 0 saturated heterocycles. The van der Waals surface area contributed by atoms with Crippen LogP contribution in [0.5, 0.6) is 11.5 Å². The molecule has 1 heterocycles. The SMILES string of the molecule is COc1ccc(NC(=O)C2(N)CC2)cc1OCc1cccnc1.Cl.Cl. The van der Waals surface area contributed by atoms with Crippen molar-refractivity contribution in [2.45, 2.75) is 25.0 Å². The van der Waals surface area contributed by atoms with E-state index in [0.29, 0.717) is 23.8 Å². The summed E-state index contributed by atoms with van der Waals surface area (Å²) in [6.45, 7) is 0.364. The highest BCUT2D eigenvalue weighted by molar-refractivity contribution is 6.00. The van der Waals surface area contributed by atoms with Crippen molar-refractivity contribution in [3.05, 3.63) is 48.3 Å². The van der Waals surface area contributed by atoms with Crippen molar-refractivity contribution in [2.24, 2.45) is 5.73 Å². The van der Waals surface area contributed by atoms with Crippen LogP contribution in [0.2, 0.25) is 0 Å². The van der Waals surface area contributed by atoms with Crippen LogP contribution in [0.25, 0.3) is 0 Å². The minimum atomic E-state index is -0.712. The number of hydrogen-bond acceptors (Lipinski definition) is 5. The molecule has 3 rings (SSSR count). The number of nitrogens with two attached hydrogens (primary N) is 1. The largest absolute Gasteiger partial charge is 0.493 e. The predicted octanol–water partition coefficient (Wildman–Crippen LogP) is 2.94. The summed E-state index contributed by atoms with van der Waals surface area (Å²) in [6.07, 6.45) is 4.89. The molecule has 1 aliphatic carbocycles. The topological polar surface area (TPSA) is 86.5 Å². The molecule has 0 aliphatic heterocycles. The summed E-state index contributed by atoms with van der Waals surface area (Å²) in [6, 6.07) is 9.03. The number of rotatable bonds is 6. The van der Waals surface area contributed by atoms with Crippen LogP contribution in [0.15, 0.2) is 42.7 Å². The van der Waals surface area contributed by atoms with Crippen LogP contribution in [0.1, 0.15) is 18.4 Å². The zero-order valence-electron chi connectivity index (χ0n) is 13.7. The van der Waals surface area contributed by atoms with E-state index in [-0.39, 0.29) is 30.7 Å². The Balaban J connectivity index is 0.00000156. The Hall–Kier alpha value is -2.02. The highest BCUT2D eigenvalue weighted by Gasteiger charge is 2.45. The average Bonchev–Trinajstić information content (AvgIpc) is 3.33. The van der Waals surface area contributed by atoms with E-state index in [2.05, 4.69) is 10.3 Å². The molecule has 0 radical (unpaired) electrons. The average molecular weight is 386 g/mol. The molecular weight excluding hydrogens is 365 g/mol. The maximum Gasteiger partial charge on any atom is 0.244 e. The summed E-state index contributed by atoms with van der Waals surface area (Å²) >= 11 is 0. The molecule has 1 aliphatic rings. The van der Waals surface area contributed by atoms with E-state index < -0.39 is 5.54 Å². The number of anilines is 1. The van der Waals surface area contributed by atoms with Gasteiger partial charge in [0.15, 0.2) is 11.5 Å². The number of amides is 1. The van der Waals surface area contributed by atoms with Crippen LogP contribution in [0, 0.1) is 0 Å². The minimum absolute atomic E-state index is 0. The zero-order valence-corrected chi connectivity index (χ0v) is 15.4.